The van der Waals surface area contributed by atoms with Crippen molar-refractivity contribution in [2.24, 2.45) is 22.9 Å². The molecule has 3 N–H and O–H groups in total. The van der Waals surface area contributed by atoms with Gasteiger partial charge in [0.15, 0.2) is 0 Å². The number of unbranched alkanes of at least 4 members (excludes halogenated alkanes) is 2. The Bertz CT molecular complexity index is 2470. The lowest BCUT2D eigenvalue weighted by Crippen LogP contribution is -2.70. The average Bonchev–Trinajstić information content (AvgIpc) is 3.38. The van der Waals surface area contributed by atoms with Crippen LogP contribution in [-0.2, 0) is 37.0 Å². The minimum absolute atomic E-state index is 0.00237. The maximum absolute atomic E-state index is 14.8. The maximum atomic E-state index is 14.8. The van der Waals surface area contributed by atoms with E-state index < -0.39 is 28.8 Å². The summed E-state index contributed by atoms with van der Waals surface area (Å²) in [6, 6.07) is 26.6. The molecule has 0 bridgehead atoms. The number of aryl methyl sites for hydroxylation is 2. The SMILES string of the molecule is C=CCOC12Oc3ccc(Oc4ccc(C)c(C)c4)cc3C3C(CCCCO)C(CCCCO)C=C(C(=NOCc4ccc([N+](=O)[O-])cc4)CC1N(CCOCCO)C(=O)OCCOCc1ccccc1)C32. The van der Waals surface area contributed by atoms with Gasteiger partial charge in [0.05, 0.1) is 56.2 Å². The zero-order valence-electron chi connectivity index (χ0n) is 41.4. The molecule has 6 unspecified atom stereocenters. The van der Waals surface area contributed by atoms with Crippen LogP contribution in [-0.4, -0.2) is 108 Å². The molecule has 1 aliphatic heterocycles. The Morgan fingerprint density at radius 3 is 2.31 bits per heavy atom. The number of benzene rings is 4. The van der Waals surface area contributed by atoms with Crippen LogP contribution in [0.3, 0.4) is 0 Å². The van der Waals surface area contributed by atoms with E-state index in [2.05, 4.69) is 19.6 Å². The molecule has 1 amide bonds. The predicted octanol–water partition coefficient (Wildman–Crippen LogP) is 9.50. The molecule has 7 rings (SSSR count). The summed E-state index contributed by atoms with van der Waals surface area (Å²) in [5, 5.41) is 46.1. The second-order valence-electron chi connectivity index (χ2n) is 18.5. The maximum Gasteiger partial charge on any atom is 0.410 e. The monoisotopic (exact) mass is 991 g/mol. The van der Waals surface area contributed by atoms with Gasteiger partial charge in [-0.05, 0) is 122 Å². The Morgan fingerprint density at radius 1 is 0.847 bits per heavy atom. The zero-order valence-corrected chi connectivity index (χ0v) is 41.4. The van der Waals surface area contributed by atoms with Crippen LogP contribution in [0.2, 0.25) is 0 Å². The Morgan fingerprint density at radius 2 is 1.58 bits per heavy atom. The number of amides is 1. The van der Waals surface area contributed by atoms with Crippen LogP contribution >= 0.6 is 0 Å². The van der Waals surface area contributed by atoms with Gasteiger partial charge in [0, 0.05) is 49.8 Å². The zero-order chi connectivity index (χ0) is 50.9. The van der Waals surface area contributed by atoms with Gasteiger partial charge < -0.3 is 48.6 Å². The van der Waals surface area contributed by atoms with Gasteiger partial charge in [-0.25, -0.2) is 4.79 Å². The van der Waals surface area contributed by atoms with Crippen LogP contribution in [0.4, 0.5) is 10.5 Å². The molecular weight excluding hydrogens is 923 g/mol. The van der Waals surface area contributed by atoms with E-state index in [1.807, 2.05) is 73.7 Å². The van der Waals surface area contributed by atoms with Crippen molar-refractivity contribution in [3.05, 3.63) is 153 Å². The quantitative estimate of drug-likeness (QED) is 0.0210. The molecule has 386 valence electrons. The number of oxime groups is 1. The fourth-order valence-electron chi connectivity index (χ4n) is 10.3. The molecule has 6 atom stereocenters. The van der Waals surface area contributed by atoms with Crippen molar-refractivity contribution in [3.63, 3.8) is 0 Å². The van der Waals surface area contributed by atoms with Crippen molar-refractivity contribution in [2.45, 2.75) is 89.8 Å². The van der Waals surface area contributed by atoms with Gasteiger partial charge in [0.2, 0.25) is 5.79 Å². The van der Waals surface area contributed by atoms with Crippen molar-refractivity contribution < 1.29 is 58.3 Å². The minimum Gasteiger partial charge on any atom is -0.459 e. The van der Waals surface area contributed by atoms with E-state index in [0.717, 1.165) is 53.5 Å². The Kier molecular flexibility index (Phi) is 19.8. The van der Waals surface area contributed by atoms with Gasteiger partial charge in [-0.2, -0.15) is 0 Å². The fourth-order valence-corrected chi connectivity index (χ4v) is 10.3. The van der Waals surface area contributed by atoms with Crippen molar-refractivity contribution in [3.8, 4) is 17.2 Å². The first-order valence-electron chi connectivity index (χ1n) is 25.0. The molecule has 1 heterocycles. The molecule has 0 radical (unpaired) electrons. The molecule has 16 nitrogen and oxygen atoms in total. The molecular formula is C56H69N3O13. The van der Waals surface area contributed by atoms with Gasteiger partial charge >= 0.3 is 6.09 Å². The molecule has 2 aliphatic carbocycles. The highest BCUT2D eigenvalue weighted by atomic mass is 16.7. The van der Waals surface area contributed by atoms with Crippen molar-refractivity contribution in [1.29, 1.82) is 0 Å². The lowest BCUT2D eigenvalue weighted by Gasteiger charge is -2.59. The van der Waals surface area contributed by atoms with E-state index in [1.54, 1.807) is 23.1 Å². The Hall–Kier alpha value is -6.14. The number of aliphatic hydroxyl groups is 3. The average molecular weight is 992 g/mol. The number of carbonyl (C=O) groups excluding carboxylic acids is 1. The molecule has 16 heteroatoms. The number of fused-ring (bicyclic) bond motifs is 2. The number of carbonyl (C=O) groups is 1. The molecule has 0 spiro atoms. The van der Waals surface area contributed by atoms with Crippen LogP contribution in [0, 0.1) is 41.7 Å². The second kappa shape index (κ2) is 26.5. The summed E-state index contributed by atoms with van der Waals surface area (Å²) in [6.45, 7) is 8.56. The number of nitro benzene ring substituents is 1. The molecule has 72 heavy (non-hydrogen) atoms. The largest absolute Gasteiger partial charge is 0.459 e. The summed E-state index contributed by atoms with van der Waals surface area (Å²) in [4.78, 5) is 33.6. The van der Waals surface area contributed by atoms with Gasteiger partial charge in [-0.1, -0.05) is 66.5 Å². The topological polar surface area (TPSA) is 201 Å². The van der Waals surface area contributed by atoms with E-state index in [-0.39, 0.29) is 95.9 Å². The van der Waals surface area contributed by atoms with Crippen LogP contribution in [0.5, 0.6) is 17.2 Å². The van der Waals surface area contributed by atoms with Crippen LogP contribution < -0.4 is 9.47 Å². The Balaban J connectivity index is 1.37. The summed E-state index contributed by atoms with van der Waals surface area (Å²) in [5.41, 5.74) is 6.08. The summed E-state index contributed by atoms with van der Waals surface area (Å²) in [7, 11) is 0. The Labute approximate surface area is 421 Å². The first-order valence-corrected chi connectivity index (χ1v) is 25.0. The predicted molar refractivity (Wildman–Crippen MR) is 271 cm³/mol. The highest BCUT2D eigenvalue weighted by Gasteiger charge is 2.65. The molecule has 4 aromatic carbocycles. The van der Waals surface area contributed by atoms with Gasteiger partial charge in [0.25, 0.3) is 5.69 Å². The number of allylic oxidation sites excluding steroid dienone is 1. The lowest BCUT2D eigenvalue weighted by atomic mass is 9.55. The number of aliphatic hydroxyl groups excluding tert-OH is 3. The number of non-ortho nitro benzene ring substituents is 1. The normalized spacial score (nSPS) is 21.4. The number of nitro groups is 1. The van der Waals surface area contributed by atoms with E-state index in [9.17, 15) is 30.2 Å². The first kappa shape index (κ1) is 53.7. The van der Waals surface area contributed by atoms with Gasteiger partial charge in [-0.15, -0.1) is 6.58 Å². The van der Waals surface area contributed by atoms with E-state index >= 15 is 0 Å². The van der Waals surface area contributed by atoms with E-state index in [1.165, 1.54) is 12.1 Å². The second-order valence-corrected chi connectivity index (χ2v) is 18.5. The van der Waals surface area contributed by atoms with E-state index in [0.29, 0.717) is 48.0 Å². The number of hydrogen-bond donors (Lipinski definition) is 3. The summed E-state index contributed by atoms with van der Waals surface area (Å²) < 4.78 is 38.8. The summed E-state index contributed by atoms with van der Waals surface area (Å²) >= 11 is 0. The number of rotatable bonds is 28. The third kappa shape index (κ3) is 13.3. The van der Waals surface area contributed by atoms with Crippen LogP contribution in [0.1, 0.15) is 78.7 Å². The lowest BCUT2D eigenvalue weighted by molar-refractivity contribution is -0.384. The molecule has 0 aromatic heterocycles. The summed E-state index contributed by atoms with van der Waals surface area (Å²) in [6.07, 6.45) is 7.48. The number of hydrogen-bond acceptors (Lipinski definition) is 14. The van der Waals surface area contributed by atoms with Crippen molar-refractivity contribution in [1.82, 2.24) is 4.90 Å². The minimum atomic E-state index is -1.59. The van der Waals surface area contributed by atoms with Crippen LogP contribution in [0.15, 0.2) is 120 Å². The molecule has 0 saturated heterocycles. The van der Waals surface area contributed by atoms with Crippen molar-refractivity contribution >= 4 is 17.5 Å². The van der Waals surface area contributed by atoms with Gasteiger partial charge in [-0.3, -0.25) is 15.0 Å². The number of ether oxygens (including phenoxy) is 6. The van der Waals surface area contributed by atoms with Crippen molar-refractivity contribution in [2.75, 3.05) is 59.4 Å². The third-order valence-corrected chi connectivity index (χ3v) is 13.8. The fraction of sp³-hybridized carbons (Fsp3) is 0.464. The highest BCUT2D eigenvalue weighted by Crippen LogP contribution is 2.62. The standard InChI is InChI=1S/C56H69N3O13/c1-4-28-69-56-52(58(24-29-66-30-27-62)55(63)68-32-31-67-37-41-12-6-5-7-13-41)36-50(57-70-38-42-17-19-44(20-18-42)59(64)65)48-34-43(14-8-10-25-60)47(15-9-11-26-61)53(54(48)56)49-35-46(22-23-51(49)72-56)71-45-21-16-39(2)40(3)33-45/h4-7,12-13,16-23,33-35,43,47,52-54,60-62H,1,8-11,14-15,24-32,36-38H2,2-3H3. The molecule has 1 fully saturated rings. The van der Waals surface area contributed by atoms with Crippen LogP contribution in [0.25, 0.3) is 0 Å². The van der Waals surface area contributed by atoms with Gasteiger partial charge in [0.1, 0.15) is 36.5 Å². The summed E-state index contributed by atoms with van der Waals surface area (Å²) in [5.74, 6) is -0.786. The smallest absolute Gasteiger partial charge is 0.410 e. The first-order chi connectivity index (χ1) is 35.1. The third-order valence-electron chi connectivity index (χ3n) is 13.8. The molecule has 1 saturated carbocycles. The molecule has 3 aliphatic rings. The highest BCUT2D eigenvalue weighted by molar-refractivity contribution is 6.03. The van der Waals surface area contributed by atoms with E-state index in [4.69, 9.17) is 38.4 Å². The molecule has 4 aromatic rings. The number of nitrogens with zero attached hydrogens (tertiary/aromatic N) is 3.